The molecule has 0 saturated carbocycles. The van der Waals surface area contributed by atoms with Gasteiger partial charge in [-0.25, -0.2) is 0 Å². The van der Waals surface area contributed by atoms with Crippen molar-refractivity contribution >= 4 is 11.7 Å². The summed E-state index contributed by atoms with van der Waals surface area (Å²) in [5, 5.41) is 20.3. The van der Waals surface area contributed by atoms with Gasteiger partial charge in [0, 0.05) is 12.1 Å². The molecule has 7 nitrogen and oxygen atoms in total. The summed E-state index contributed by atoms with van der Waals surface area (Å²) in [5.74, 6) is -0.747. The lowest BCUT2D eigenvalue weighted by atomic mass is 9.91. The van der Waals surface area contributed by atoms with E-state index in [-0.39, 0.29) is 18.9 Å². The second-order valence-corrected chi connectivity index (χ2v) is 5.13. The number of nitro benzene ring substituents is 1. The molecule has 1 atom stereocenters. The van der Waals surface area contributed by atoms with E-state index in [2.05, 4.69) is 0 Å². The first-order valence-corrected chi connectivity index (χ1v) is 6.90. The monoisotopic (exact) mass is 315 g/mol. The number of carboxylic acids is 1. The first kappa shape index (κ1) is 14.8. The third-order valence-corrected chi connectivity index (χ3v) is 3.66. The summed E-state index contributed by atoms with van der Waals surface area (Å²) in [6.45, 7) is 0.113. The number of benzene rings is 2. The second kappa shape index (κ2) is 5.96. The minimum atomic E-state index is -1.00. The van der Waals surface area contributed by atoms with Gasteiger partial charge in [0.15, 0.2) is 11.5 Å². The molecular formula is C16H13NO6. The van der Waals surface area contributed by atoms with Crippen molar-refractivity contribution in [2.75, 3.05) is 6.79 Å². The molecule has 7 heteroatoms. The highest BCUT2D eigenvalue weighted by atomic mass is 16.7. The van der Waals surface area contributed by atoms with E-state index in [1.807, 2.05) is 0 Å². The predicted molar refractivity (Wildman–Crippen MR) is 79.7 cm³/mol. The van der Waals surface area contributed by atoms with Crippen LogP contribution in [0.15, 0.2) is 42.5 Å². The molecule has 2 aromatic carbocycles. The highest BCUT2D eigenvalue weighted by molar-refractivity contribution is 5.77. The van der Waals surface area contributed by atoms with Crippen LogP contribution in [0.5, 0.6) is 11.5 Å². The maximum atomic E-state index is 11.6. The summed E-state index contributed by atoms with van der Waals surface area (Å²) in [7, 11) is 0. The fraction of sp³-hybridized carbons (Fsp3) is 0.188. The molecule has 23 heavy (non-hydrogen) atoms. The summed E-state index contributed by atoms with van der Waals surface area (Å²) >= 11 is 0. The summed E-state index contributed by atoms with van der Waals surface area (Å²) in [4.78, 5) is 21.9. The third kappa shape index (κ3) is 3.08. The van der Waals surface area contributed by atoms with Crippen molar-refractivity contribution < 1.29 is 24.3 Å². The highest BCUT2D eigenvalue weighted by Gasteiger charge is 2.24. The van der Waals surface area contributed by atoms with Crippen molar-refractivity contribution in [2.45, 2.75) is 12.3 Å². The van der Waals surface area contributed by atoms with Crippen LogP contribution >= 0.6 is 0 Å². The number of carbonyl (C=O) groups is 1. The normalized spacial score (nSPS) is 13.6. The zero-order valence-electron chi connectivity index (χ0n) is 12.0. The molecule has 118 valence electrons. The average Bonchev–Trinajstić information content (AvgIpc) is 3.00. The van der Waals surface area contributed by atoms with E-state index in [1.165, 1.54) is 12.1 Å². The molecule has 1 N–H and O–H groups in total. The van der Waals surface area contributed by atoms with E-state index in [1.54, 1.807) is 30.3 Å². The quantitative estimate of drug-likeness (QED) is 0.673. The Kier molecular flexibility index (Phi) is 3.84. The Morgan fingerprint density at radius 1 is 1.22 bits per heavy atom. The van der Waals surface area contributed by atoms with Gasteiger partial charge < -0.3 is 14.6 Å². The zero-order chi connectivity index (χ0) is 16.4. The number of fused-ring (bicyclic) bond motifs is 1. The Hall–Kier alpha value is -3.09. The molecule has 1 aliphatic rings. The van der Waals surface area contributed by atoms with Gasteiger partial charge in [0.25, 0.3) is 5.69 Å². The molecule has 0 amide bonds. The van der Waals surface area contributed by atoms with Gasteiger partial charge in [-0.1, -0.05) is 18.2 Å². The lowest BCUT2D eigenvalue weighted by Crippen LogP contribution is -2.14. The standard InChI is InChI=1S/C16H13NO6/c18-16(19)13(7-10-2-1-3-12(6-10)17(20)21)11-4-5-14-15(8-11)23-9-22-14/h1-6,8,13H,7,9H2,(H,18,19). The van der Waals surface area contributed by atoms with Crippen molar-refractivity contribution in [3.05, 3.63) is 63.7 Å². The van der Waals surface area contributed by atoms with E-state index in [4.69, 9.17) is 9.47 Å². The smallest absolute Gasteiger partial charge is 0.311 e. The largest absolute Gasteiger partial charge is 0.481 e. The molecule has 3 rings (SSSR count). The van der Waals surface area contributed by atoms with E-state index < -0.39 is 16.8 Å². The first-order chi connectivity index (χ1) is 11.0. The number of non-ortho nitro benzene ring substituents is 1. The maximum Gasteiger partial charge on any atom is 0.311 e. The lowest BCUT2D eigenvalue weighted by Gasteiger charge is -2.13. The summed E-state index contributed by atoms with van der Waals surface area (Å²) in [6.07, 6.45) is 0.149. The number of hydrogen-bond donors (Lipinski definition) is 1. The van der Waals surface area contributed by atoms with Gasteiger partial charge in [-0.15, -0.1) is 0 Å². The number of aliphatic carboxylic acids is 1. The number of rotatable bonds is 5. The van der Waals surface area contributed by atoms with Crippen LogP contribution in [0.3, 0.4) is 0 Å². The van der Waals surface area contributed by atoms with Crippen LogP contribution in [0.4, 0.5) is 5.69 Å². The van der Waals surface area contributed by atoms with E-state index in [0.717, 1.165) is 0 Å². The lowest BCUT2D eigenvalue weighted by molar-refractivity contribution is -0.384. The van der Waals surface area contributed by atoms with Crippen molar-refractivity contribution in [3.8, 4) is 11.5 Å². The topological polar surface area (TPSA) is 98.9 Å². The maximum absolute atomic E-state index is 11.6. The van der Waals surface area contributed by atoms with E-state index >= 15 is 0 Å². The minimum absolute atomic E-state index is 0.0580. The third-order valence-electron chi connectivity index (χ3n) is 3.66. The van der Waals surface area contributed by atoms with Crippen LogP contribution in [-0.4, -0.2) is 22.8 Å². The van der Waals surface area contributed by atoms with Gasteiger partial charge in [-0.05, 0) is 29.7 Å². The Morgan fingerprint density at radius 3 is 2.74 bits per heavy atom. The zero-order valence-corrected chi connectivity index (χ0v) is 12.0. The molecule has 0 spiro atoms. The number of ether oxygens (including phenoxy) is 2. The SMILES string of the molecule is O=C(O)C(Cc1cccc([N+](=O)[O-])c1)c1ccc2c(c1)OCO2. The van der Waals surface area contributed by atoms with E-state index in [0.29, 0.717) is 22.6 Å². The summed E-state index contributed by atoms with van der Waals surface area (Å²) in [6, 6.07) is 11.0. The molecule has 0 bridgehead atoms. The van der Waals surface area contributed by atoms with Crippen molar-refractivity contribution in [2.24, 2.45) is 0 Å². The Balaban J connectivity index is 1.89. The number of nitro groups is 1. The van der Waals surface area contributed by atoms with E-state index in [9.17, 15) is 20.0 Å². The predicted octanol–water partition coefficient (Wildman–Crippen LogP) is 2.73. The van der Waals surface area contributed by atoms with Crippen LogP contribution in [0.2, 0.25) is 0 Å². The van der Waals surface area contributed by atoms with Gasteiger partial charge in [0.1, 0.15) is 0 Å². The highest BCUT2D eigenvalue weighted by Crippen LogP contribution is 2.35. The van der Waals surface area contributed by atoms with Gasteiger partial charge in [-0.2, -0.15) is 0 Å². The molecule has 0 radical (unpaired) electrons. The molecule has 0 fully saturated rings. The molecule has 1 unspecified atom stereocenters. The van der Waals surface area contributed by atoms with Gasteiger partial charge in [0.05, 0.1) is 10.8 Å². The second-order valence-electron chi connectivity index (χ2n) is 5.13. The van der Waals surface area contributed by atoms with Crippen molar-refractivity contribution in [1.82, 2.24) is 0 Å². The van der Waals surface area contributed by atoms with Crippen LogP contribution < -0.4 is 9.47 Å². The van der Waals surface area contributed by atoms with Crippen LogP contribution in [0.1, 0.15) is 17.0 Å². The van der Waals surface area contributed by atoms with Gasteiger partial charge >= 0.3 is 5.97 Å². The molecule has 1 aliphatic heterocycles. The van der Waals surface area contributed by atoms with Crippen molar-refractivity contribution in [1.29, 1.82) is 0 Å². The number of hydrogen-bond acceptors (Lipinski definition) is 5. The van der Waals surface area contributed by atoms with Crippen molar-refractivity contribution in [3.63, 3.8) is 0 Å². The first-order valence-electron chi connectivity index (χ1n) is 6.90. The molecule has 0 aliphatic carbocycles. The Labute approximate surface area is 131 Å². The van der Waals surface area contributed by atoms with Gasteiger partial charge in [0.2, 0.25) is 6.79 Å². The molecule has 0 aromatic heterocycles. The Morgan fingerprint density at radius 2 is 2.00 bits per heavy atom. The molecule has 0 saturated heterocycles. The minimum Gasteiger partial charge on any atom is -0.481 e. The Bertz CT molecular complexity index is 773. The van der Waals surface area contributed by atoms with Gasteiger partial charge in [-0.3, -0.25) is 14.9 Å². The van der Waals surface area contributed by atoms with Crippen LogP contribution in [0.25, 0.3) is 0 Å². The summed E-state index contributed by atoms with van der Waals surface area (Å²) < 4.78 is 10.5. The fourth-order valence-electron chi connectivity index (χ4n) is 2.51. The molecule has 1 heterocycles. The average molecular weight is 315 g/mol. The number of nitrogens with zero attached hydrogens (tertiary/aromatic N) is 1. The summed E-state index contributed by atoms with van der Waals surface area (Å²) in [5.41, 5.74) is 1.09. The molecule has 2 aromatic rings. The molecular weight excluding hydrogens is 302 g/mol. The van der Waals surface area contributed by atoms with Crippen LogP contribution in [-0.2, 0) is 11.2 Å². The van der Waals surface area contributed by atoms with Crippen LogP contribution in [0, 0.1) is 10.1 Å². The number of carboxylic acid groups (broad SMARTS) is 1. The fourth-order valence-corrected chi connectivity index (χ4v) is 2.51.